The van der Waals surface area contributed by atoms with Crippen LogP contribution in [0.4, 0.5) is 0 Å². The van der Waals surface area contributed by atoms with E-state index in [-0.39, 0.29) is 12.6 Å². The third-order valence-corrected chi connectivity index (χ3v) is 5.61. The van der Waals surface area contributed by atoms with Gasteiger partial charge in [0.15, 0.2) is 0 Å². The van der Waals surface area contributed by atoms with Crippen molar-refractivity contribution >= 4 is 37.5 Å². The van der Waals surface area contributed by atoms with Crippen LogP contribution in [0.15, 0.2) is 24.4 Å². The molecule has 8 heteroatoms. The van der Waals surface area contributed by atoms with Gasteiger partial charge in [-0.05, 0) is 12.1 Å². The molecule has 1 heterocycles. The van der Waals surface area contributed by atoms with E-state index in [1.54, 1.807) is 36.0 Å². The molecular weight excluding hydrogens is 323 g/mol. The number of fused-ring (bicyclic) bond motifs is 1. The van der Waals surface area contributed by atoms with Crippen LogP contribution < -0.4 is 10.8 Å². The molecule has 3 N–H and O–H groups in total. The zero-order valence-corrected chi connectivity index (χ0v) is 15.7. The van der Waals surface area contributed by atoms with Crippen molar-refractivity contribution < 1.29 is 19.6 Å². The van der Waals surface area contributed by atoms with E-state index in [1.165, 1.54) is 0 Å². The van der Waals surface area contributed by atoms with Crippen molar-refractivity contribution in [2.75, 3.05) is 13.7 Å². The van der Waals surface area contributed by atoms with E-state index in [4.69, 9.17) is 4.74 Å². The molecule has 0 radical (unpaired) electrons. The molecule has 2 rings (SSSR count). The third-order valence-electron chi connectivity index (χ3n) is 3.91. The largest absolute Gasteiger partial charge is 0.490 e. The lowest BCUT2D eigenvalue weighted by molar-refractivity contribution is 0.0897. The molecule has 0 spiro atoms. The topological polar surface area (TPSA) is 83.7 Å². The average molecular weight is 348 g/mol. The van der Waals surface area contributed by atoms with Gasteiger partial charge in [-0.1, -0.05) is 31.8 Å². The Labute approximate surface area is 143 Å². The number of nitrogens with zero attached hydrogens (tertiary/aromatic N) is 1. The second kappa shape index (κ2) is 7.52. The number of ether oxygens (including phenoxy) is 1. The summed E-state index contributed by atoms with van der Waals surface area (Å²) in [6, 6.07) is 6.27. The molecule has 0 saturated carbocycles. The zero-order chi connectivity index (χ0) is 17.9. The molecule has 6 nitrogen and oxygen atoms in total. The van der Waals surface area contributed by atoms with Gasteiger partial charge in [-0.15, -0.1) is 0 Å². The molecular formula is C16H25BN2O4Si. The third kappa shape index (κ3) is 4.27. The molecule has 1 aromatic carbocycles. The molecule has 1 aromatic heterocycles. The van der Waals surface area contributed by atoms with Gasteiger partial charge in [0.2, 0.25) is 0 Å². The first-order chi connectivity index (χ1) is 11.2. The highest BCUT2D eigenvalue weighted by atomic mass is 28.3. The first kappa shape index (κ1) is 18.7. The van der Waals surface area contributed by atoms with E-state index < -0.39 is 15.2 Å². The zero-order valence-electron chi connectivity index (χ0n) is 14.7. The fourth-order valence-electron chi connectivity index (χ4n) is 2.55. The minimum Gasteiger partial charge on any atom is -0.423 e. The van der Waals surface area contributed by atoms with Gasteiger partial charge in [0.05, 0.1) is 11.1 Å². The minimum atomic E-state index is -1.60. The number of hydrogen-bond acceptors (Lipinski definition) is 4. The fourth-order valence-corrected chi connectivity index (χ4v) is 3.31. The Balaban J connectivity index is 2.35. The van der Waals surface area contributed by atoms with Crippen LogP contribution in [0.5, 0.6) is 0 Å². The summed E-state index contributed by atoms with van der Waals surface area (Å²) < 4.78 is 7.53. The van der Waals surface area contributed by atoms with Gasteiger partial charge >= 0.3 is 7.12 Å². The average Bonchev–Trinajstić information content (AvgIpc) is 2.89. The van der Waals surface area contributed by atoms with Crippen LogP contribution in [-0.2, 0) is 11.5 Å². The molecule has 0 bridgehead atoms. The van der Waals surface area contributed by atoms with E-state index >= 15 is 0 Å². The summed E-state index contributed by atoms with van der Waals surface area (Å²) in [7, 11) is -1.21. The summed E-state index contributed by atoms with van der Waals surface area (Å²) in [5.74, 6) is -0.221. The summed E-state index contributed by atoms with van der Waals surface area (Å²) in [5, 5.41) is 22.5. The number of carbonyl (C=O) groups is 1. The van der Waals surface area contributed by atoms with Crippen molar-refractivity contribution in [1.82, 2.24) is 9.88 Å². The Hall–Kier alpha value is -1.61. The van der Waals surface area contributed by atoms with Crippen LogP contribution in [0.3, 0.4) is 0 Å². The smallest absolute Gasteiger partial charge is 0.423 e. The number of rotatable bonds is 7. The van der Waals surface area contributed by atoms with Crippen LogP contribution in [0.25, 0.3) is 10.9 Å². The number of benzene rings is 1. The van der Waals surface area contributed by atoms with Gasteiger partial charge in [-0.2, -0.15) is 0 Å². The number of para-hydroxylation sites is 1. The van der Waals surface area contributed by atoms with Crippen LogP contribution >= 0.6 is 0 Å². The van der Waals surface area contributed by atoms with Gasteiger partial charge in [0.1, 0.15) is 6.73 Å². The van der Waals surface area contributed by atoms with Crippen LogP contribution in [-0.4, -0.2) is 49.4 Å². The van der Waals surface area contributed by atoms with Crippen molar-refractivity contribution in [1.29, 1.82) is 0 Å². The molecule has 2 aromatic rings. The van der Waals surface area contributed by atoms with Gasteiger partial charge in [-0.3, -0.25) is 4.79 Å². The monoisotopic (exact) mass is 348 g/mol. The second-order valence-electron chi connectivity index (χ2n) is 7.06. The Morgan fingerprint density at radius 1 is 1.33 bits per heavy atom. The highest BCUT2D eigenvalue weighted by molar-refractivity contribution is 6.76. The fraction of sp³-hybridized carbons (Fsp3) is 0.438. The van der Waals surface area contributed by atoms with Crippen molar-refractivity contribution in [2.45, 2.75) is 32.4 Å². The summed E-state index contributed by atoms with van der Waals surface area (Å²) >= 11 is 0. The Morgan fingerprint density at radius 3 is 2.62 bits per heavy atom. The molecule has 24 heavy (non-hydrogen) atoms. The van der Waals surface area contributed by atoms with E-state index in [2.05, 4.69) is 25.0 Å². The normalized spacial score (nSPS) is 11.8. The SMILES string of the molecule is CNC(=O)c1cccc2c(B(O)O)cn(COCC[Si](C)(C)C)c12. The predicted molar refractivity (Wildman–Crippen MR) is 99.3 cm³/mol. The molecule has 130 valence electrons. The summed E-state index contributed by atoms with van der Waals surface area (Å²) in [5.41, 5.74) is 1.49. The minimum absolute atomic E-state index is 0.221. The van der Waals surface area contributed by atoms with Crippen molar-refractivity contribution in [2.24, 2.45) is 0 Å². The number of carbonyl (C=O) groups excluding carboxylic acids is 1. The van der Waals surface area contributed by atoms with Crippen molar-refractivity contribution in [3.63, 3.8) is 0 Å². The Bertz CT molecular complexity index is 725. The van der Waals surface area contributed by atoms with Crippen LogP contribution in [0.2, 0.25) is 25.7 Å². The van der Waals surface area contributed by atoms with E-state index in [0.717, 1.165) is 6.04 Å². The molecule has 0 fully saturated rings. The number of hydrogen-bond donors (Lipinski definition) is 3. The Kier molecular flexibility index (Phi) is 5.87. The van der Waals surface area contributed by atoms with Gasteiger partial charge in [0, 0.05) is 38.8 Å². The van der Waals surface area contributed by atoms with Gasteiger partial charge in [-0.25, -0.2) is 0 Å². The number of aromatic nitrogens is 1. The van der Waals surface area contributed by atoms with E-state index in [9.17, 15) is 14.8 Å². The van der Waals surface area contributed by atoms with Gasteiger partial charge in [0.25, 0.3) is 5.91 Å². The molecule has 0 unspecified atom stereocenters. The molecule has 0 aliphatic rings. The molecule has 0 aliphatic carbocycles. The lowest BCUT2D eigenvalue weighted by Gasteiger charge is -2.16. The van der Waals surface area contributed by atoms with Crippen molar-refractivity contribution in [3.8, 4) is 0 Å². The highest BCUT2D eigenvalue weighted by Gasteiger charge is 2.22. The molecule has 1 amide bonds. The molecule has 0 saturated heterocycles. The van der Waals surface area contributed by atoms with Crippen molar-refractivity contribution in [3.05, 3.63) is 30.0 Å². The van der Waals surface area contributed by atoms with E-state index in [0.29, 0.717) is 28.5 Å². The van der Waals surface area contributed by atoms with Gasteiger partial charge < -0.3 is 24.7 Å². The summed E-state index contributed by atoms with van der Waals surface area (Å²) in [4.78, 5) is 12.1. The standard InChI is InChI=1S/C16H25BN2O4Si/c1-18-16(20)13-7-5-6-12-14(17(21)22)10-19(15(12)13)11-23-8-9-24(2,3)4/h5-7,10,21-22H,8-9,11H2,1-4H3,(H,18,20). The quantitative estimate of drug-likeness (QED) is 0.515. The number of amides is 1. The predicted octanol–water partition coefficient (Wildman–Crippen LogP) is 0.993. The first-order valence-corrected chi connectivity index (χ1v) is 11.7. The Morgan fingerprint density at radius 2 is 2.04 bits per heavy atom. The second-order valence-corrected chi connectivity index (χ2v) is 12.7. The highest BCUT2D eigenvalue weighted by Crippen LogP contribution is 2.20. The maximum absolute atomic E-state index is 12.1. The lowest BCUT2D eigenvalue weighted by Crippen LogP contribution is -2.29. The van der Waals surface area contributed by atoms with E-state index in [1.807, 2.05) is 0 Å². The van der Waals surface area contributed by atoms with Crippen LogP contribution in [0, 0.1) is 0 Å². The maximum Gasteiger partial charge on any atom is 0.490 e. The van der Waals surface area contributed by atoms with Crippen LogP contribution in [0.1, 0.15) is 10.4 Å². The maximum atomic E-state index is 12.1. The molecule has 0 aliphatic heterocycles. The lowest BCUT2D eigenvalue weighted by atomic mass is 9.80. The summed E-state index contributed by atoms with van der Waals surface area (Å²) in [6.45, 7) is 7.76. The number of nitrogens with one attached hydrogen (secondary N) is 1. The first-order valence-electron chi connectivity index (χ1n) is 8.02. The summed E-state index contributed by atoms with van der Waals surface area (Å²) in [6.07, 6.45) is 1.64. The molecule has 0 atom stereocenters.